The number of carbonyl (C=O) groups is 1. The average Bonchev–Trinajstić information content (AvgIpc) is 3.31. The van der Waals surface area contributed by atoms with Crippen molar-refractivity contribution in [2.75, 3.05) is 20.8 Å². The van der Waals surface area contributed by atoms with Crippen LogP contribution in [0.1, 0.15) is 47.4 Å². The first-order valence-corrected chi connectivity index (χ1v) is 10.00. The lowest BCUT2D eigenvalue weighted by atomic mass is 9.95. The van der Waals surface area contributed by atoms with E-state index in [-0.39, 0.29) is 17.7 Å². The maximum atomic E-state index is 13.2. The van der Waals surface area contributed by atoms with Gasteiger partial charge >= 0.3 is 0 Å². The first kappa shape index (κ1) is 19.8. The highest BCUT2D eigenvalue weighted by atomic mass is 16.5. The van der Waals surface area contributed by atoms with Crippen LogP contribution < -0.4 is 9.47 Å². The third kappa shape index (κ3) is 3.16. The van der Waals surface area contributed by atoms with Gasteiger partial charge in [0.15, 0.2) is 11.5 Å². The summed E-state index contributed by atoms with van der Waals surface area (Å²) in [6, 6.07) is 12.4. The zero-order chi connectivity index (χ0) is 21.3. The van der Waals surface area contributed by atoms with Gasteiger partial charge in [-0.25, -0.2) is 0 Å². The molecule has 2 N–H and O–H groups in total. The van der Waals surface area contributed by atoms with Crippen LogP contribution in [0.5, 0.6) is 17.2 Å². The van der Waals surface area contributed by atoms with Crippen molar-refractivity contribution in [3.05, 3.63) is 59.3 Å². The first-order chi connectivity index (χ1) is 14.6. The number of phenols is 1. The monoisotopic (exact) mass is 407 g/mol. The van der Waals surface area contributed by atoms with E-state index in [1.54, 1.807) is 32.4 Å². The smallest absolute Gasteiger partial charge is 0.273 e. The number of amides is 1. The molecular weight excluding hydrogens is 382 g/mol. The van der Waals surface area contributed by atoms with Crippen molar-refractivity contribution in [3.8, 4) is 28.5 Å². The topological polar surface area (TPSA) is 87.7 Å². The number of fused-ring (bicyclic) bond motifs is 1. The minimum Gasteiger partial charge on any atom is -0.507 e. The number of hydrogen-bond acceptors (Lipinski definition) is 5. The number of ether oxygens (including phenoxy) is 2. The molecule has 3 aromatic rings. The number of benzene rings is 2. The molecule has 1 amide bonds. The number of rotatable bonds is 7. The molecule has 4 rings (SSSR count). The van der Waals surface area contributed by atoms with Gasteiger partial charge in [-0.15, -0.1) is 0 Å². The van der Waals surface area contributed by atoms with Crippen LogP contribution in [0, 0.1) is 0 Å². The second-order valence-electron chi connectivity index (χ2n) is 7.25. The average molecular weight is 407 g/mol. The zero-order valence-electron chi connectivity index (χ0n) is 17.3. The molecule has 1 aliphatic rings. The molecule has 0 saturated heterocycles. The Hall–Kier alpha value is -3.48. The molecule has 1 atom stereocenters. The van der Waals surface area contributed by atoms with Crippen molar-refractivity contribution < 1.29 is 19.4 Å². The number of nitrogens with zero attached hydrogens (tertiary/aromatic N) is 2. The normalized spacial score (nSPS) is 15.4. The largest absolute Gasteiger partial charge is 0.507 e. The van der Waals surface area contributed by atoms with E-state index < -0.39 is 0 Å². The molecule has 7 nitrogen and oxygen atoms in total. The quantitative estimate of drug-likeness (QED) is 0.614. The van der Waals surface area contributed by atoms with E-state index in [9.17, 15) is 9.90 Å². The van der Waals surface area contributed by atoms with Crippen LogP contribution in [0.25, 0.3) is 11.3 Å². The Labute approximate surface area is 175 Å². The summed E-state index contributed by atoms with van der Waals surface area (Å²) in [6.07, 6.45) is 1.86. The molecule has 0 fully saturated rings. The van der Waals surface area contributed by atoms with Crippen LogP contribution in [0.2, 0.25) is 0 Å². The lowest BCUT2D eigenvalue weighted by Gasteiger charge is -2.27. The number of aromatic amines is 1. The summed E-state index contributed by atoms with van der Waals surface area (Å²) in [6.45, 7) is 2.72. The van der Waals surface area contributed by atoms with Crippen molar-refractivity contribution >= 4 is 5.91 Å². The lowest BCUT2D eigenvalue weighted by Crippen LogP contribution is -2.30. The number of H-pyrrole nitrogens is 1. The van der Waals surface area contributed by atoms with Gasteiger partial charge in [-0.1, -0.05) is 31.5 Å². The van der Waals surface area contributed by atoms with Gasteiger partial charge in [0.2, 0.25) is 0 Å². The van der Waals surface area contributed by atoms with Crippen LogP contribution in [-0.4, -0.2) is 46.9 Å². The van der Waals surface area contributed by atoms with Crippen LogP contribution in [0.4, 0.5) is 0 Å². The highest BCUT2D eigenvalue weighted by Gasteiger charge is 2.42. The predicted octanol–water partition coefficient (Wildman–Crippen LogP) is 4.14. The molecule has 0 saturated carbocycles. The maximum Gasteiger partial charge on any atom is 0.273 e. The maximum absolute atomic E-state index is 13.2. The molecule has 2 heterocycles. The van der Waals surface area contributed by atoms with Gasteiger partial charge in [0.1, 0.15) is 17.1 Å². The van der Waals surface area contributed by atoms with E-state index in [0.29, 0.717) is 35.0 Å². The fourth-order valence-electron chi connectivity index (χ4n) is 4.00. The Bertz CT molecular complexity index is 1080. The molecule has 0 bridgehead atoms. The molecule has 2 aromatic carbocycles. The summed E-state index contributed by atoms with van der Waals surface area (Å²) in [4.78, 5) is 15.1. The Morgan fingerprint density at radius 3 is 2.60 bits per heavy atom. The molecule has 0 spiro atoms. The van der Waals surface area contributed by atoms with Crippen molar-refractivity contribution in [1.82, 2.24) is 15.1 Å². The molecule has 0 radical (unpaired) electrons. The standard InChI is InChI=1S/C23H25N3O4/c1-4-5-12-26-22(14-10-11-17(29-2)18(13-14)30-3)19-20(24-25-21(19)23(26)28)15-8-6-7-9-16(15)27/h6-11,13,22,27H,4-5,12H2,1-3H3,(H,24,25)/t22-/m1/s1. The van der Waals surface area contributed by atoms with E-state index >= 15 is 0 Å². The number of aromatic nitrogens is 2. The van der Waals surface area contributed by atoms with Crippen molar-refractivity contribution in [2.24, 2.45) is 0 Å². The van der Waals surface area contributed by atoms with E-state index in [0.717, 1.165) is 24.0 Å². The third-order valence-electron chi connectivity index (χ3n) is 5.50. The van der Waals surface area contributed by atoms with Gasteiger partial charge in [-0.05, 0) is 36.2 Å². The Morgan fingerprint density at radius 2 is 1.90 bits per heavy atom. The number of carbonyl (C=O) groups excluding carboxylic acids is 1. The predicted molar refractivity (Wildman–Crippen MR) is 113 cm³/mol. The summed E-state index contributed by atoms with van der Waals surface area (Å²) >= 11 is 0. The summed E-state index contributed by atoms with van der Waals surface area (Å²) in [5.41, 5.74) is 3.30. The second kappa shape index (κ2) is 8.10. The summed E-state index contributed by atoms with van der Waals surface area (Å²) in [5, 5.41) is 17.7. The van der Waals surface area contributed by atoms with E-state index in [1.165, 1.54) is 0 Å². The van der Waals surface area contributed by atoms with Crippen molar-refractivity contribution in [1.29, 1.82) is 0 Å². The SMILES string of the molecule is CCCCN1C(=O)c2[nH]nc(-c3ccccc3O)c2[C@H]1c1ccc(OC)c(OC)c1. The molecular formula is C23H25N3O4. The number of para-hydroxylation sites is 1. The third-order valence-corrected chi connectivity index (χ3v) is 5.50. The number of aromatic hydroxyl groups is 1. The molecule has 30 heavy (non-hydrogen) atoms. The summed E-state index contributed by atoms with van der Waals surface area (Å²) in [5.74, 6) is 1.25. The van der Waals surface area contributed by atoms with Crippen LogP contribution in [-0.2, 0) is 0 Å². The highest BCUT2D eigenvalue weighted by Crippen LogP contribution is 2.45. The van der Waals surface area contributed by atoms with Gasteiger partial charge in [0, 0.05) is 17.7 Å². The minimum absolute atomic E-state index is 0.0904. The van der Waals surface area contributed by atoms with Gasteiger partial charge in [-0.2, -0.15) is 5.10 Å². The number of nitrogens with one attached hydrogen (secondary N) is 1. The fraction of sp³-hybridized carbons (Fsp3) is 0.304. The van der Waals surface area contributed by atoms with Crippen molar-refractivity contribution in [3.63, 3.8) is 0 Å². The van der Waals surface area contributed by atoms with Gasteiger partial charge in [0.05, 0.1) is 20.3 Å². The fourth-order valence-corrected chi connectivity index (χ4v) is 4.00. The first-order valence-electron chi connectivity index (χ1n) is 10.00. The van der Waals surface area contributed by atoms with Gasteiger partial charge < -0.3 is 19.5 Å². The minimum atomic E-state index is -0.341. The van der Waals surface area contributed by atoms with E-state index in [2.05, 4.69) is 17.1 Å². The molecule has 0 aliphatic carbocycles. The second-order valence-corrected chi connectivity index (χ2v) is 7.25. The molecule has 1 aromatic heterocycles. The number of phenolic OH excluding ortho intramolecular Hbond substituents is 1. The van der Waals surface area contributed by atoms with E-state index in [4.69, 9.17) is 9.47 Å². The number of hydrogen-bond donors (Lipinski definition) is 2. The van der Waals surface area contributed by atoms with Crippen LogP contribution in [0.3, 0.4) is 0 Å². The van der Waals surface area contributed by atoms with Crippen LogP contribution >= 0.6 is 0 Å². The van der Waals surface area contributed by atoms with Crippen LogP contribution in [0.15, 0.2) is 42.5 Å². The molecule has 7 heteroatoms. The van der Waals surface area contributed by atoms with E-state index in [1.807, 2.05) is 29.2 Å². The number of methoxy groups -OCH3 is 2. The Balaban J connectivity index is 1.89. The Morgan fingerprint density at radius 1 is 1.13 bits per heavy atom. The van der Waals surface area contributed by atoms with Gasteiger partial charge in [0.25, 0.3) is 5.91 Å². The molecule has 1 aliphatic heterocycles. The molecule has 0 unspecified atom stereocenters. The zero-order valence-corrected chi connectivity index (χ0v) is 17.3. The van der Waals surface area contributed by atoms with Gasteiger partial charge in [-0.3, -0.25) is 9.89 Å². The summed E-state index contributed by atoms with van der Waals surface area (Å²) in [7, 11) is 3.18. The summed E-state index contributed by atoms with van der Waals surface area (Å²) < 4.78 is 10.9. The lowest BCUT2D eigenvalue weighted by molar-refractivity contribution is 0.0741. The highest BCUT2D eigenvalue weighted by molar-refractivity contribution is 6.00. The number of unbranched alkanes of at least 4 members (excludes halogenated alkanes) is 1. The molecule has 156 valence electrons. The Kier molecular flexibility index (Phi) is 5.35. The van der Waals surface area contributed by atoms with Crippen molar-refractivity contribution in [2.45, 2.75) is 25.8 Å².